The first-order valence-electron chi connectivity index (χ1n) is 9.20. The number of hydrogen-bond donors (Lipinski definition) is 2. The van der Waals surface area contributed by atoms with Crippen molar-refractivity contribution in [2.24, 2.45) is 11.0 Å². The van der Waals surface area contributed by atoms with Crippen molar-refractivity contribution in [2.45, 2.75) is 26.1 Å². The minimum absolute atomic E-state index is 0.119. The van der Waals surface area contributed by atoms with Gasteiger partial charge in [0.1, 0.15) is 17.5 Å². The standard InChI is InChI=1S/C21H21ClFN3O4/c1-11(13-4-6-14(7-5-13)21(28)29)24-19(27)18-12(2)25-26(3)20(18)30-17-10-15(23)8-9-16(17)22/h4-11,18,20H,1-3H3,(H,24,27)(H,28,29)/t11-,18?,20?/m0/s1. The minimum Gasteiger partial charge on any atom is -0.478 e. The number of carboxylic acid groups (broad SMARTS) is 1. The number of amides is 1. The molecule has 2 aromatic carbocycles. The summed E-state index contributed by atoms with van der Waals surface area (Å²) in [6.45, 7) is 3.50. The molecule has 30 heavy (non-hydrogen) atoms. The number of nitrogens with zero attached hydrogens (tertiary/aromatic N) is 2. The number of rotatable bonds is 6. The van der Waals surface area contributed by atoms with Crippen LogP contribution in [0.15, 0.2) is 47.6 Å². The van der Waals surface area contributed by atoms with Crippen molar-refractivity contribution >= 4 is 29.2 Å². The molecule has 2 N–H and O–H groups in total. The monoisotopic (exact) mass is 433 g/mol. The van der Waals surface area contributed by atoms with Gasteiger partial charge in [0.05, 0.1) is 22.3 Å². The number of nitrogens with one attached hydrogen (secondary N) is 1. The van der Waals surface area contributed by atoms with E-state index in [0.29, 0.717) is 5.71 Å². The Morgan fingerprint density at radius 3 is 2.57 bits per heavy atom. The summed E-state index contributed by atoms with van der Waals surface area (Å²) < 4.78 is 19.4. The molecule has 0 radical (unpaired) electrons. The highest BCUT2D eigenvalue weighted by Gasteiger charge is 2.41. The largest absolute Gasteiger partial charge is 0.478 e. The van der Waals surface area contributed by atoms with Gasteiger partial charge in [-0.3, -0.25) is 9.80 Å². The third-order valence-electron chi connectivity index (χ3n) is 4.86. The zero-order valence-corrected chi connectivity index (χ0v) is 17.4. The van der Waals surface area contributed by atoms with Crippen LogP contribution < -0.4 is 10.1 Å². The maximum absolute atomic E-state index is 13.6. The highest BCUT2D eigenvalue weighted by molar-refractivity contribution is 6.32. The van der Waals surface area contributed by atoms with Crippen LogP contribution in [-0.4, -0.2) is 41.0 Å². The fraction of sp³-hybridized carbons (Fsp3) is 0.286. The zero-order valence-electron chi connectivity index (χ0n) is 16.6. The van der Waals surface area contributed by atoms with Gasteiger partial charge < -0.3 is 15.2 Å². The summed E-state index contributed by atoms with van der Waals surface area (Å²) in [6.07, 6.45) is -0.800. The highest BCUT2D eigenvalue weighted by atomic mass is 35.5. The van der Waals surface area contributed by atoms with Crippen molar-refractivity contribution in [1.82, 2.24) is 10.3 Å². The van der Waals surface area contributed by atoms with Crippen molar-refractivity contribution < 1.29 is 23.8 Å². The number of halogens is 2. The van der Waals surface area contributed by atoms with E-state index in [-0.39, 0.29) is 28.3 Å². The van der Waals surface area contributed by atoms with E-state index in [1.54, 1.807) is 33.0 Å². The maximum atomic E-state index is 13.6. The highest BCUT2D eigenvalue weighted by Crippen LogP contribution is 2.31. The van der Waals surface area contributed by atoms with Crippen molar-refractivity contribution in [3.8, 4) is 5.75 Å². The molecular formula is C21H21ClFN3O4. The lowest BCUT2D eigenvalue weighted by Gasteiger charge is -2.27. The molecule has 158 valence electrons. The molecule has 2 unspecified atom stereocenters. The van der Waals surface area contributed by atoms with Crippen LogP contribution in [-0.2, 0) is 4.79 Å². The third kappa shape index (κ3) is 4.54. The van der Waals surface area contributed by atoms with E-state index in [2.05, 4.69) is 10.4 Å². The van der Waals surface area contributed by atoms with Crippen LogP contribution >= 0.6 is 11.6 Å². The van der Waals surface area contributed by atoms with E-state index in [4.69, 9.17) is 21.4 Å². The molecule has 0 saturated heterocycles. The smallest absolute Gasteiger partial charge is 0.335 e. The molecule has 0 fully saturated rings. The normalized spacial score (nSPS) is 19.2. The van der Waals surface area contributed by atoms with Crippen LogP contribution in [0.25, 0.3) is 0 Å². The van der Waals surface area contributed by atoms with E-state index in [1.807, 2.05) is 0 Å². The number of ether oxygens (including phenoxy) is 1. The predicted molar refractivity (Wildman–Crippen MR) is 110 cm³/mol. The molecular weight excluding hydrogens is 413 g/mol. The first-order chi connectivity index (χ1) is 14.2. The van der Waals surface area contributed by atoms with Crippen molar-refractivity contribution in [1.29, 1.82) is 0 Å². The van der Waals surface area contributed by atoms with E-state index in [1.165, 1.54) is 29.3 Å². The Kier molecular flexibility index (Phi) is 6.26. The summed E-state index contributed by atoms with van der Waals surface area (Å²) >= 11 is 6.10. The minimum atomic E-state index is -1.02. The number of carboxylic acids is 1. The lowest BCUT2D eigenvalue weighted by molar-refractivity contribution is -0.127. The summed E-state index contributed by atoms with van der Waals surface area (Å²) in [5.41, 5.74) is 1.46. The zero-order chi connectivity index (χ0) is 22.0. The topological polar surface area (TPSA) is 91.2 Å². The number of hydrazone groups is 1. The second-order valence-corrected chi connectivity index (χ2v) is 7.44. The Morgan fingerprint density at radius 1 is 1.27 bits per heavy atom. The molecule has 9 heteroatoms. The summed E-state index contributed by atoms with van der Waals surface area (Å²) in [5, 5.41) is 17.9. The van der Waals surface area contributed by atoms with Crippen molar-refractivity contribution in [3.05, 3.63) is 64.4 Å². The molecule has 7 nitrogen and oxygen atoms in total. The van der Waals surface area contributed by atoms with Crippen molar-refractivity contribution in [2.75, 3.05) is 7.05 Å². The number of benzene rings is 2. The van der Waals surface area contributed by atoms with Crippen LogP contribution in [0.2, 0.25) is 5.02 Å². The van der Waals surface area contributed by atoms with Gasteiger partial charge >= 0.3 is 5.97 Å². The fourth-order valence-electron chi connectivity index (χ4n) is 3.25. The Labute approximate surface area is 178 Å². The van der Waals surface area contributed by atoms with E-state index in [9.17, 15) is 14.0 Å². The SMILES string of the molecule is CC1=NN(C)C(Oc2cc(F)ccc2Cl)C1C(=O)N[C@@H](C)c1ccc(C(=O)O)cc1. The lowest BCUT2D eigenvalue weighted by atomic mass is 10.0. The molecule has 0 aliphatic carbocycles. The quantitative estimate of drug-likeness (QED) is 0.724. The van der Waals surface area contributed by atoms with E-state index < -0.39 is 23.9 Å². The average molecular weight is 434 g/mol. The van der Waals surface area contributed by atoms with E-state index >= 15 is 0 Å². The molecule has 2 aromatic rings. The summed E-state index contributed by atoms with van der Waals surface area (Å²) in [7, 11) is 1.66. The number of carbonyl (C=O) groups excluding carboxylic acids is 1. The first-order valence-corrected chi connectivity index (χ1v) is 9.58. The second-order valence-electron chi connectivity index (χ2n) is 7.03. The molecule has 0 bridgehead atoms. The van der Waals surface area contributed by atoms with Crippen LogP contribution in [0.5, 0.6) is 5.75 Å². The summed E-state index contributed by atoms with van der Waals surface area (Å²) in [4.78, 5) is 24.0. The fourth-order valence-corrected chi connectivity index (χ4v) is 3.41. The van der Waals surface area contributed by atoms with Crippen LogP contribution in [0.4, 0.5) is 4.39 Å². The molecule has 1 aliphatic heterocycles. The van der Waals surface area contributed by atoms with Gasteiger partial charge in [-0.15, -0.1) is 0 Å². The van der Waals surface area contributed by atoms with Gasteiger partial charge in [-0.1, -0.05) is 23.7 Å². The molecule has 3 atom stereocenters. The third-order valence-corrected chi connectivity index (χ3v) is 5.17. The molecule has 1 amide bonds. The maximum Gasteiger partial charge on any atom is 0.335 e. The average Bonchev–Trinajstić information content (AvgIpc) is 2.97. The second kappa shape index (κ2) is 8.71. The van der Waals surface area contributed by atoms with Crippen LogP contribution in [0.3, 0.4) is 0 Å². The van der Waals surface area contributed by atoms with Crippen molar-refractivity contribution in [3.63, 3.8) is 0 Å². The van der Waals surface area contributed by atoms with Gasteiger partial charge in [0.25, 0.3) is 0 Å². The summed E-state index contributed by atoms with van der Waals surface area (Å²) in [6, 6.07) is 9.64. The molecule has 3 rings (SSSR count). The van der Waals surface area contributed by atoms with Crippen LogP contribution in [0.1, 0.15) is 35.8 Å². The van der Waals surface area contributed by atoms with Gasteiger partial charge in [-0.25, -0.2) is 9.18 Å². The van der Waals surface area contributed by atoms with Gasteiger partial charge in [0, 0.05) is 13.1 Å². The van der Waals surface area contributed by atoms with Crippen LogP contribution in [0, 0.1) is 11.7 Å². The number of aromatic carboxylic acids is 1. The first kappa shape index (κ1) is 21.6. The Morgan fingerprint density at radius 2 is 1.93 bits per heavy atom. The van der Waals surface area contributed by atoms with Gasteiger partial charge in [0.15, 0.2) is 0 Å². The Bertz CT molecular complexity index is 996. The Balaban J connectivity index is 1.76. The molecule has 0 aromatic heterocycles. The van der Waals surface area contributed by atoms with E-state index in [0.717, 1.165) is 11.6 Å². The molecule has 1 aliphatic rings. The summed E-state index contributed by atoms with van der Waals surface area (Å²) in [5.74, 6) is -2.47. The van der Waals surface area contributed by atoms with Gasteiger partial charge in [0.2, 0.25) is 12.1 Å². The molecule has 0 spiro atoms. The molecule has 0 saturated carbocycles. The molecule has 1 heterocycles. The lowest BCUT2D eigenvalue weighted by Crippen LogP contribution is -2.45. The predicted octanol–water partition coefficient (Wildman–Crippen LogP) is 3.70. The van der Waals surface area contributed by atoms with Gasteiger partial charge in [-0.2, -0.15) is 5.10 Å². The number of carbonyl (C=O) groups is 2. The Hall–Kier alpha value is -3.13. The number of hydrogen-bond acceptors (Lipinski definition) is 5. The van der Waals surface area contributed by atoms with Gasteiger partial charge in [-0.05, 0) is 43.7 Å².